The van der Waals surface area contributed by atoms with Gasteiger partial charge >= 0.3 is 5.97 Å². The Balaban J connectivity index is 2.30. The van der Waals surface area contributed by atoms with Crippen LogP contribution in [-0.4, -0.2) is 11.7 Å². The van der Waals surface area contributed by atoms with Gasteiger partial charge in [0.05, 0.1) is 5.56 Å². The lowest BCUT2D eigenvalue weighted by Crippen LogP contribution is -2.14. The minimum absolute atomic E-state index is 0.419. The van der Waals surface area contributed by atoms with Crippen molar-refractivity contribution >= 4 is 11.7 Å². The van der Waals surface area contributed by atoms with Crippen LogP contribution in [0.5, 0.6) is 5.75 Å². The Hall–Kier alpha value is -2.42. The highest BCUT2D eigenvalue weighted by atomic mass is 16.5. The Labute approximate surface area is 125 Å². The highest BCUT2D eigenvalue weighted by Gasteiger charge is 2.16. The quantitative estimate of drug-likeness (QED) is 0.502. The Bertz CT molecular complexity index is 648. The van der Waals surface area contributed by atoms with Crippen LogP contribution in [0, 0.1) is 12.3 Å². The van der Waals surface area contributed by atoms with Gasteiger partial charge in [-0.25, -0.2) is 4.79 Å². The van der Waals surface area contributed by atoms with Gasteiger partial charge in [-0.2, -0.15) is 0 Å². The van der Waals surface area contributed by atoms with Gasteiger partial charge in [0.2, 0.25) is 0 Å². The fourth-order valence-electron chi connectivity index (χ4n) is 2.12. The molecule has 1 N–H and O–H groups in total. The molecule has 0 saturated carbocycles. The van der Waals surface area contributed by atoms with E-state index in [-0.39, 0.29) is 0 Å². The number of carbonyl (C=O) groups is 1. The number of carbonyl (C=O) groups excluding carboxylic acids is 1. The third-order valence-corrected chi connectivity index (χ3v) is 3.17. The van der Waals surface area contributed by atoms with Crippen molar-refractivity contribution in [2.24, 2.45) is 0 Å². The Morgan fingerprint density at radius 3 is 2.48 bits per heavy atom. The molecule has 0 amide bonds. The standard InChI is InChI=1S/C18H19NO2/c1-3-7-17(19)16-12-13(2)10-11-15(16)18(20)21-14-8-5-4-6-9-14/h4-6,8-12,19H,3,7H2,1-2H3. The number of para-hydroxylation sites is 1. The number of hydrogen-bond donors (Lipinski definition) is 1. The molecule has 0 aliphatic heterocycles. The smallest absolute Gasteiger partial charge is 0.344 e. The molecule has 2 rings (SSSR count). The predicted molar refractivity (Wildman–Crippen MR) is 84.3 cm³/mol. The topological polar surface area (TPSA) is 50.2 Å². The highest BCUT2D eigenvalue weighted by molar-refractivity contribution is 6.08. The van der Waals surface area contributed by atoms with Crippen molar-refractivity contribution in [3.63, 3.8) is 0 Å². The summed E-state index contributed by atoms with van der Waals surface area (Å²) in [6.45, 7) is 3.97. The summed E-state index contributed by atoms with van der Waals surface area (Å²) in [6, 6.07) is 14.5. The lowest BCUT2D eigenvalue weighted by molar-refractivity contribution is 0.0734. The van der Waals surface area contributed by atoms with Crippen molar-refractivity contribution < 1.29 is 9.53 Å². The van der Waals surface area contributed by atoms with Crippen molar-refractivity contribution in [1.82, 2.24) is 0 Å². The molecule has 3 nitrogen and oxygen atoms in total. The van der Waals surface area contributed by atoms with E-state index in [4.69, 9.17) is 10.1 Å². The molecular weight excluding hydrogens is 262 g/mol. The summed E-state index contributed by atoms with van der Waals surface area (Å²) in [6.07, 6.45) is 1.52. The first-order valence-corrected chi connectivity index (χ1v) is 7.07. The van der Waals surface area contributed by atoms with Gasteiger partial charge in [-0.15, -0.1) is 0 Å². The Kier molecular flexibility index (Phi) is 4.88. The zero-order valence-electron chi connectivity index (χ0n) is 12.3. The largest absolute Gasteiger partial charge is 0.423 e. The van der Waals surface area contributed by atoms with E-state index in [0.29, 0.717) is 29.0 Å². The number of benzene rings is 2. The summed E-state index contributed by atoms with van der Waals surface area (Å²) in [5, 5.41) is 8.13. The molecule has 0 heterocycles. The summed E-state index contributed by atoms with van der Waals surface area (Å²) in [5.41, 5.74) is 2.61. The maximum atomic E-state index is 12.3. The fraction of sp³-hybridized carbons (Fsp3) is 0.222. The maximum absolute atomic E-state index is 12.3. The van der Waals surface area contributed by atoms with E-state index in [9.17, 15) is 4.79 Å². The normalized spacial score (nSPS) is 10.2. The molecular formula is C18H19NO2. The number of nitrogens with one attached hydrogen (secondary N) is 1. The monoisotopic (exact) mass is 281 g/mol. The second-order valence-corrected chi connectivity index (χ2v) is 4.98. The van der Waals surface area contributed by atoms with Crippen LogP contribution in [0.15, 0.2) is 48.5 Å². The van der Waals surface area contributed by atoms with E-state index < -0.39 is 5.97 Å². The predicted octanol–water partition coefficient (Wildman–Crippen LogP) is 4.38. The molecule has 0 unspecified atom stereocenters. The van der Waals surface area contributed by atoms with Crippen molar-refractivity contribution in [2.45, 2.75) is 26.7 Å². The van der Waals surface area contributed by atoms with Gasteiger partial charge in [-0.05, 0) is 37.6 Å². The van der Waals surface area contributed by atoms with Crippen LogP contribution in [0.2, 0.25) is 0 Å². The van der Waals surface area contributed by atoms with Crippen molar-refractivity contribution in [3.8, 4) is 5.75 Å². The second-order valence-electron chi connectivity index (χ2n) is 4.98. The number of hydrogen-bond acceptors (Lipinski definition) is 3. The van der Waals surface area contributed by atoms with Gasteiger partial charge in [0.15, 0.2) is 0 Å². The van der Waals surface area contributed by atoms with Crippen LogP contribution < -0.4 is 4.74 Å². The molecule has 0 spiro atoms. The average molecular weight is 281 g/mol. The van der Waals surface area contributed by atoms with E-state index in [2.05, 4.69) is 0 Å². The van der Waals surface area contributed by atoms with Gasteiger partial charge in [-0.3, -0.25) is 0 Å². The summed E-state index contributed by atoms with van der Waals surface area (Å²) >= 11 is 0. The van der Waals surface area contributed by atoms with Crippen LogP contribution in [0.1, 0.15) is 41.3 Å². The minimum Gasteiger partial charge on any atom is -0.423 e. The molecule has 0 atom stereocenters. The zero-order chi connectivity index (χ0) is 15.2. The van der Waals surface area contributed by atoms with Gasteiger partial charge in [0.1, 0.15) is 5.75 Å². The van der Waals surface area contributed by atoms with Gasteiger partial charge in [0, 0.05) is 11.3 Å². The van der Waals surface area contributed by atoms with Crippen LogP contribution >= 0.6 is 0 Å². The summed E-state index contributed by atoms with van der Waals surface area (Å²) < 4.78 is 5.37. The molecule has 21 heavy (non-hydrogen) atoms. The van der Waals surface area contributed by atoms with Crippen molar-refractivity contribution in [3.05, 3.63) is 65.2 Å². The van der Waals surface area contributed by atoms with E-state index in [0.717, 1.165) is 12.0 Å². The SMILES string of the molecule is CCCC(=N)c1cc(C)ccc1C(=O)Oc1ccccc1. The first-order valence-electron chi connectivity index (χ1n) is 7.07. The van der Waals surface area contributed by atoms with E-state index >= 15 is 0 Å². The first kappa shape index (κ1) is 15.0. The van der Waals surface area contributed by atoms with Crippen molar-refractivity contribution in [2.75, 3.05) is 0 Å². The molecule has 0 fully saturated rings. The molecule has 2 aromatic rings. The van der Waals surface area contributed by atoms with Crippen LogP contribution in [0.3, 0.4) is 0 Å². The maximum Gasteiger partial charge on any atom is 0.344 e. The van der Waals surface area contributed by atoms with Crippen LogP contribution in [0.4, 0.5) is 0 Å². The number of rotatable bonds is 5. The van der Waals surface area contributed by atoms with Crippen LogP contribution in [-0.2, 0) is 0 Å². The third-order valence-electron chi connectivity index (χ3n) is 3.17. The summed E-state index contributed by atoms with van der Waals surface area (Å²) in [7, 11) is 0. The second kappa shape index (κ2) is 6.84. The van der Waals surface area contributed by atoms with Gasteiger partial charge < -0.3 is 10.1 Å². The lowest BCUT2D eigenvalue weighted by Gasteiger charge is -2.11. The molecule has 3 heteroatoms. The Morgan fingerprint density at radius 1 is 1.10 bits per heavy atom. The van der Waals surface area contributed by atoms with E-state index in [1.54, 1.807) is 18.2 Å². The minimum atomic E-state index is -0.419. The summed E-state index contributed by atoms with van der Waals surface area (Å²) in [5.74, 6) is 0.0908. The zero-order valence-corrected chi connectivity index (χ0v) is 12.3. The molecule has 0 aliphatic rings. The molecule has 0 aromatic heterocycles. The van der Waals surface area contributed by atoms with Gasteiger partial charge in [0.25, 0.3) is 0 Å². The van der Waals surface area contributed by atoms with Crippen molar-refractivity contribution in [1.29, 1.82) is 5.41 Å². The average Bonchev–Trinajstić information content (AvgIpc) is 2.48. The van der Waals surface area contributed by atoms with E-state index in [1.165, 1.54) is 0 Å². The van der Waals surface area contributed by atoms with Gasteiger partial charge in [-0.1, -0.05) is 43.2 Å². The molecule has 0 bridgehead atoms. The first-order chi connectivity index (χ1) is 10.1. The third kappa shape index (κ3) is 3.78. The molecule has 2 aromatic carbocycles. The van der Waals surface area contributed by atoms with Crippen LogP contribution in [0.25, 0.3) is 0 Å². The number of esters is 1. The molecule has 0 radical (unpaired) electrons. The molecule has 0 aliphatic carbocycles. The summed E-state index contributed by atoms with van der Waals surface area (Å²) in [4.78, 5) is 12.3. The molecule has 0 saturated heterocycles. The number of ether oxygens (including phenoxy) is 1. The van der Waals surface area contributed by atoms with E-state index in [1.807, 2.05) is 44.2 Å². The molecule has 108 valence electrons. The Morgan fingerprint density at radius 2 is 1.81 bits per heavy atom. The lowest BCUT2D eigenvalue weighted by atomic mass is 9.98. The number of aryl methyl sites for hydroxylation is 1. The fourth-order valence-corrected chi connectivity index (χ4v) is 2.12. The highest BCUT2D eigenvalue weighted by Crippen LogP contribution is 2.18.